The number of fused-ring (bicyclic) bond motifs is 3. The molecule has 6 nitrogen and oxygen atoms in total. The van der Waals surface area contributed by atoms with Crippen LogP contribution in [0.5, 0.6) is 0 Å². The zero-order chi connectivity index (χ0) is 23.3. The number of nitrogens with zero attached hydrogens (tertiary/aromatic N) is 1. The summed E-state index contributed by atoms with van der Waals surface area (Å²) >= 11 is 0. The van der Waals surface area contributed by atoms with Crippen LogP contribution in [0.2, 0.25) is 0 Å². The van der Waals surface area contributed by atoms with Gasteiger partial charge in [-0.2, -0.15) is 0 Å². The molecule has 2 amide bonds. The molecule has 4 aromatic rings. The number of amides is 2. The van der Waals surface area contributed by atoms with Crippen LogP contribution in [0.4, 0.5) is 0 Å². The van der Waals surface area contributed by atoms with Crippen molar-refractivity contribution in [1.82, 2.24) is 9.88 Å². The lowest BCUT2D eigenvalue weighted by molar-refractivity contribution is 0.0303. The van der Waals surface area contributed by atoms with E-state index in [0.717, 1.165) is 38.5 Å². The molecule has 1 saturated heterocycles. The molecule has 3 aromatic carbocycles. The molecule has 2 heterocycles. The maximum atomic E-state index is 13.1. The van der Waals surface area contributed by atoms with Gasteiger partial charge < -0.3 is 20.4 Å². The third kappa shape index (κ3) is 3.66. The molecule has 0 aliphatic carbocycles. The molecule has 0 unspecified atom stereocenters. The van der Waals surface area contributed by atoms with Gasteiger partial charge in [0.05, 0.1) is 24.3 Å². The van der Waals surface area contributed by atoms with Gasteiger partial charge in [0.25, 0.3) is 11.8 Å². The molecule has 1 aromatic heterocycles. The topological polar surface area (TPSA) is 88.4 Å². The van der Waals surface area contributed by atoms with Crippen molar-refractivity contribution in [3.63, 3.8) is 0 Å². The Labute approximate surface area is 192 Å². The van der Waals surface area contributed by atoms with E-state index in [1.807, 2.05) is 29.2 Å². The van der Waals surface area contributed by atoms with Crippen molar-refractivity contribution < 1.29 is 14.3 Å². The zero-order valence-electron chi connectivity index (χ0n) is 19.1. The van der Waals surface area contributed by atoms with Crippen LogP contribution in [-0.2, 0) is 4.74 Å². The van der Waals surface area contributed by atoms with Gasteiger partial charge in [0.2, 0.25) is 0 Å². The molecule has 1 aliphatic heterocycles. The van der Waals surface area contributed by atoms with Crippen LogP contribution >= 0.6 is 0 Å². The van der Waals surface area contributed by atoms with Crippen LogP contribution in [0.15, 0.2) is 42.5 Å². The van der Waals surface area contributed by atoms with Gasteiger partial charge in [-0.3, -0.25) is 9.59 Å². The minimum Gasteiger partial charge on any atom is -0.378 e. The molecular weight excluding hydrogens is 414 g/mol. The molecule has 0 atom stereocenters. The van der Waals surface area contributed by atoms with E-state index in [2.05, 4.69) is 44.0 Å². The quantitative estimate of drug-likeness (QED) is 0.491. The Bertz CT molecular complexity index is 1400. The summed E-state index contributed by atoms with van der Waals surface area (Å²) in [6.45, 7) is 8.53. The third-order valence-corrected chi connectivity index (χ3v) is 6.48. The highest BCUT2D eigenvalue weighted by molar-refractivity contribution is 6.17. The first-order valence-corrected chi connectivity index (χ1v) is 11.2. The average molecular weight is 442 g/mol. The molecule has 0 bridgehead atoms. The summed E-state index contributed by atoms with van der Waals surface area (Å²) in [4.78, 5) is 30.6. The largest absolute Gasteiger partial charge is 0.378 e. The summed E-state index contributed by atoms with van der Waals surface area (Å²) in [6.07, 6.45) is 0. The van der Waals surface area contributed by atoms with Gasteiger partial charge in [-0.1, -0.05) is 17.7 Å². The van der Waals surface area contributed by atoms with Gasteiger partial charge >= 0.3 is 0 Å². The van der Waals surface area contributed by atoms with Crippen molar-refractivity contribution >= 4 is 33.6 Å². The first-order chi connectivity index (χ1) is 15.8. The predicted octanol–water partition coefficient (Wildman–Crippen LogP) is 4.48. The van der Waals surface area contributed by atoms with Crippen molar-refractivity contribution in [2.75, 3.05) is 26.3 Å². The molecule has 3 N–H and O–H groups in total. The van der Waals surface area contributed by atoms with Crippen LogP contribution in [0.25, 0.3) is 32.9 Å². The lowest BCUT2D eigenvalue weighted by Crippen LogP contribution is -2.40. The number of benzene rings is 3. The lowest BCUT2D eigenvalue weighted by atomic mass is 9.91. The monoisotopic (exact) mass is 441 g/mol. The average Bonchev–Trinajstić information content (AvgIpc) is 3.15. The molecule has 5 rings (SSSR count). The van der Waals surface area contributed by atoms with E-state index >= 15 is 0 Å². The maximum absolute atomic E-state index is 13.1. The number of ether oxygens (including phenoxy) is 1. The van der Waals surface area contributed by atoms with Gasteiger partial charge in [-0.15, -0.1) is 0 Å². The second-order valence-electron chi connectivity index (χ2n) is 8.87. The number of nitrogens with one attached hydrogen (secondary N) is 1. The van der Waals surface area contributed by atoms with E-state index in [1.165, 1.54) is 5.56 Å². The standard InChI is InChI=1S/C27H27N3O3/c1-15-10-16(2)24(17(3)11-15)19-13-21-20-12-18(27(32)30-6-8-33-9-7-30)4-5-23(20)29-25(21)22(14-19)26(28)31/h4-5,10-14,29H,6-9H2,1-3H3,(H2,28,31). The minimum absolute atomic E-state index is 0.00828. The third-order valence-electron chi connectivity index (χ3n) is 6.48. The van der Waals surface area contributed by atoms with Crippen molar-refractivity contribution in [2.45, 2.75) is 20.8 Å². The molecule has 33 heavy (non-hydrogen) atoms. The maximum Gasteiger partial charge on any atom is 0.254 e. The first-order valence-electron chi connectivity index (χ1n) is 11.2. The normalized spacial score (nSPS) is 14.2. The number of aryl methyl sites for hydroxylation is 3. The molecule has 6 heteroatoms. The summed E-state index contributed by atoms with van der Waals surface area (Å²) in [5, 5.41) is 1.78. The van der Waals surface area contributed by atoms with E-state index in [9.17, 15) is 9.59 Å². The highest BCUT2D eigenvalue weighted by Gasteiger charge is 2.21. The zero-order valence-corrected chi connectivity index (χ0v) is 19.1. The highest BCUT2D eigenvalue weighted by atomic mass is 16.5. The number of hydrogen-bond acceptors (Lipinski definition) is 3. The van der Waals surface area contributed by atoms with Gasteiger partial charge in [0.15, 0.2) is 0 Å². The second kappa shape index (κ2) is 8.05. The number of aromatic nitrogens is 1. The van der Waals surface area contributed by atoms with Crippen molar-refractivity contribution in [3.8, 4) is 11.1 Å². The van der Waals surface area contributed by atoms with E-state index in [0.29, 0.717) is 42.9 Å². The molecule has 0 spiro atoms. The number of carbonyl (C=O) groups excluding carboxylic acids is 2. The molecule has 1 aliphatic rings. The van der Waals surface area contributed by atoms with Crippen molar-refractivity contribution in [2.24, 2.45) is 5.73 Å². The smallest absolute Gasteiger partial charge is 0.254 e. The summed E-state index contributed by atoms with van der Waals surface area (Å²) in [5.41, 5.74) is 13.9. The van der Waals surface area contributed by atoms with Crippen LogP contribution in [0.1, 0.15) is 37.4 Å². The first kappa shape index (κ1) is 21.2. The van der Waals surface area contributed by atoms with Gasteiger partial charge in [-0.05, 0) is 73.4 Å². The van der Waals surface area contributed by atoms with E-state index in [-0.39, 0.29) is 5.91 Å². The highest BCUT2D eigenvalue weighted by Crippen LogP contribution is 2.36. The Morgan fingerprint density at radius 3 is 2.30 bits per heavy atom. The predicted molar refractivity (Wildman–Crippen MR) is 131 cm³/mol. The van der Waals surface area contributed by atoms with Crippen LogP contribution in [0.3, 0.4) is 0 Å². The second-order valence-corrected chi connectivity index (χ2v) is 8.87. The summed E-state index contributed by atoms with van der Waals surface area (Å²) < 4.78 is 5.38. The number of H-pyrrole nitrogens is 1. The molecule has 168 valence electrons. The fraction of sp³-hybridized carbons (Fsp3) is 0.259. The van der Waals surface area contributed by atoms with Crippen LogP contribution in [0, 0.1) is 20.8 Å². The summed E-state index contributed by atoms with van der Waals surface area (Å²) in [6, 6.07) is 13.9. The van der Waals surface area contributed by atoms with Crippen LogP contribution < -0.4 is 5.73 Å². The number of primary amides is 1. The molecule has 1 fully saturated rings. The summed E-state index contributed by atoms with van der Waals surface area (Å²) in [7, 11) is 0. The number of hydrogen-bond donors (Lipinski definition) is 2. The van der Waals surface area contributed by atoms with Crippen molar-refractivity contribution in [1.29, 1.82) is 0 Å². The Balaban J connectivity index is 1.72. The Morgan fingerprint density at radius 2 is 1.64 bits per heavy atom. The number of aromatic amines is 1. The summed E-state index contributed by atoms with van der Waals surface area (Å²) in [5.74, 6) is -0.494. The fourth-order valence-corrected chi connectivity index (χ4v) is 5.06. The molecule has 0 saturated carbocycles. The number of rotatable bonds is 3. The Morgan fingerprint density at radius 1 is 0.939 bits per heavy atom. The van der Waals surface area contributed by atoms with E-state index in [4.69, 9.17) is 10.5 Å². The van der Waals surface area contributed by atoms with Gasteiger partial charge in [0, 0.05) is 34.9 Å². The number of nitrogens with two attached hydrogens (primary N) is 1. The van der Waals surface area contributed by atoms with E-state index in [1.54, 1.807) is 0 Å². The number of morpholine rings is 1. The van der Waals surface area contributed by atoms with E-state index < -0.39 is 5.91 Å². The minimum atomic E-state index is -0.486. The SMILES string of the molecule is Cc1cc(C)c(-c2cc(C(N)=O)c3[nH]c4ccc(C(=O)N5CCOCC5)cc4c3c2)c(C)c1. The molecular formula is C27H27N3O3. The number of carbonyl (C=O) groups is 2. The van der Waals surface area contributed by atoms with Gasteiger partial charge in [-0.25, -0.2) is 0 Å². The van der Waals surface area contributed by atoms with Crippen LogP contribution in [-0.4, -0.2) is 48.0 Å². The Kier molecular flexibility index (Phi) is 5.17. The van der Waals surface area contributed by atoms with Crippen molar-refractivity contribution in [3.05, 3.63) is 70.3 Å². The van der Waals surface area contributed by atoms with Gasteiger partial charge in [0.1, 0.15) is 0 Å². The molecule has 0 radical (unpaired) electrons. The Hall–Kier alpha value is -3.64. The fourth-order valence-electron chi connectivity index (χ4n) is 5.06. The lowest BCUT2D eigenvalue weighted by Gasteiger charge is -2.26.